The van der Waals surface area contributed by atoms with Gasteiger partial charge in [0.2, 0.25) is 5.91 Å². The van der Waals surface area contributed by atoms with Crippen LogP contribution < -0.4 is 16.0 Å². The molecule has 0 atom stereocenters. The van der Waals surface area contributed by atoms with Crippen molar-refractivity contribution >= 4 is 35.1 Å². The third-order valence-corrected chi connectivity index (χ3v) is 3.37. The van der Waals surface area contributed by atoms with Gasteiger partial charge < -0.3 is 16.0 Å². The van der Waals surface area contributed by atoms with Gasteiger partial charge in [-0.3, -0.25) is 14.7 Å². The van der Waals surface area contributed by atoms with Crippen LogP contribution in [0.15, 0.2) is 24.3 Å². The highest BCUT2D eigenvalue weighted by atomic mass is 35.5. The largest absolute Gasteiger partial charge is 0.355 e. The van der Waals surface area contributed by atoms with E-state index in [1.807, 2.05) is 24.3 Å². The molecule has 7 nitrogen and oxygen atoms in total. The molecule has 0 saturated carbocycles. The Bertz CT molecular complexity index is 659. The standard InChI is InChI=1S/C16H23N5O2.ClH/c1-2-8-17-10-11-18-14(22)7-9-19-16(23)15-12-5-3-4-6-13(12)20-21-15;/h3-6,17H,2,7-11H2,1H3,(H,18,22)(H,19,23)(H,20,21);1H. The lowest BCUT2D eigenvalue weighted by Gasteiger charge is -2.06. The first kappa shape index (κ1) is 19.9. The van der Waals surface area contributed by atoms with Crippen molar-refractivity contribution in [3.63, 3.8) is 0 Å². The number of amides is 2. The quantitative estimate of drug-likeness (QED) is 0.509. The number of carbonyl (C=O) groups excluding carboxylic acids is 2. The number of nitrogens with one attached hydrogen (secondary N) is 4. The number of aromatic amines is 1. The second-order valence-electron chi connectivity index (χ2n) is 5.22. The Morgan fingerprint density at radius 1 is 1.08 bits per heavy atom. The van der Waals surface area contributed by atoms with Gasteiger partial charge >= 0.3 is 0 Å². The lowest BCUT2D eigenvalue weighted by Crippen LogP contribution is -2.34. The van der Waals surface area contributed by atoms with E-state index in [1.54, 1.807) is 0 Å². The number of halogens is 1. The van der Waals surface area contributed by atoms with Gasteiger partial charge in [0.25, 0.3) is 5.91 Å². The van der Waals surface area contributed by atoms with Gasteiger partial charge in [-0.1, -0.05) is 25.1 Å². The fourth-order valence-corrected chi connectivity index (χ4v) is 2.19. The van der Waals surface area contributed by atoms with Crippen molar-refractivity contribution in [3.8, 4) is 0 Å². The van der Waals surface area contributed by atoms with E-state index in [-0.39, 0.29) is 37.2 Å². The molecule has 0 spiro atoms. The monoisotopic (exact) mass is 353 g/mol. The van der Waals surface area contributed by atoms with Crippen LogP contribution >= 0.6 is 12.4 Å². The van der Waals surface area contributed by atoms with E-state index >= 15 is 0 Å². The van der Waals surface area contributed by atoms with Crippen LogP contribution in [0.5, 0.6) is 0 Å². The zero-order valence-corrected chi connectivity index (χ0v) is 14.5. The van der Waals surface area contributed by atoms with Crippen molar-refractivity contribution in [1.82, 2.24) is 26.1 Å². The molecule has 4 N–H and O–H groups in total. The molecule has 1 heterocycles. The van der Waals surface area contributed by atoms with Crippen LogP contribution in [-0.2, 0) is 4.79 Å². The first-order valence-electron chi connectivity index (χ1n) is 7.91. The highest BCUT2D eigenvalue weighted by molar-refractivity contribution is 6.04. The Morgan fingerprint density at radius 3 is 2.67 bits per heavy atom. The lowest BCUT2D eigenvalue weighted by molar-refractivity contribution is -0.120. The summed E-state index contributed by atoms with van der Waals surface area (Å²) in [5, 5.41) is 16.3. The Kier molecular flexibility index (Phi) is 8.81. The second kappa shape index (κ2) is 10.6. The third kappa shape index (κ3) is 5.82. The second-order valence-corrected chi connectivity index (χ2v) is 5.22. The van der Waals surface area contributed by atoms with Crippen molar-refractivity contribution in [2.45, 2.75) is 19.8 Å². The predicted molar refractivity (Wildman–Crippen MR) is 96.5 cm³/mol. The minimum absolute atomic E-state index is 0. The normalized spacial score (nSPS) is 10.2. The maximum Gasteiger partial charge on any atom is 0.272 e. The van der Waals surface area contributed by atoms with Crippen molar-refractivity contribution < 1.29 is 9.59 Å². The molecule has 1 aromatic carbocycles. The Labute approximate surface area is 147 Å². The average Bonchev–Trinajstić information content (AvgIpc) is 2.98. The number of hydrogen-bond donors (Lipinski definition) is 4. The van der Waals surface area contributed by atoms with E-state index in [0.717, 1.165) is 30.4 Å². The lowest BCUT2D eigenvalue weighted by atomic mass is 10.2. The van der Waals surface area contributed by atoms with Crippen LogP contribution in [0, 0.1) is 0 Å². The molecule has 0 radical (unpaired) electrons. The number of H-pyrrole nitrogens is 1. The first-order chi connectivity index (χ1) is 11.2. The molecule has 24 heavy (non-hydrogen) atoms. The number of fused-ring (bicyclic) bond motifs is 1. The summed E-state index contributed by atoms with van der Waals surface area (Å²) in [5.41, 5.74) is 1.17. The van der Waals surface area contributed by atoms with E-state index in [2.05, 4.69) is 33.1 Å². The Balaban J connectivity index is 0.00000288. The molecule has 0 aliphatic heterocycles. The summed E-state index contributed by atoms with van der Waals surface area (Å²) in [5.74, 6) is -0.352. The summed E-state index contributed by atoms with van der Waals surface area (Å²) in [6.07, 6.45) is 1.32. The van der Waals surface area contributed by atoms with Crippen molar-refractivity contribution in [2.75, 3.05) is 26.2 Å². The number of nitrogens with zero attached hydrogens (tertiary/aromatic N) is 1. The smallest absolute Gasteiger partial charge is 0.272 e. The molecule has 2 amide bonds. The van der Waals surface area contributed by atoms with Gasteiger partial charge in [-0.25, -0.2) is 0 Å². The summed E-state index contributed by atoms with van der Waals surface area (Å²) in [6, 6.07) is 7.43. The van der Waals surface area contributed by atoms with E-state index in [9.17, 15) is 9.59 Å². The highest BCUT2D eigenvalue weighted by Gasteiger charge is 2.13. The summed E-state index contributed by atoms with van der Waals surface area (Å²) in [7, 11) is 0. The van der Waals surface area contributed by atoms with Gasteiger partial charge in [-0.15, -0.1) is 12.4 Å². The van der Waals surface area contributed by atoms with Gasteiger partial charge in [-0.05, 0) is 19.0 Å². The van der Waals surface area contributed by atoms with Crippen molar-refractivity contribution in [3.05, 3.63) is 30.0 Å². The zero-order valence-electron chi connectivity index (χ0n) is 13.7. The Hall–Kier alpha value is -2.12. The first-order valence-corrected chi connectivity index (χ1v) is 7.91. The molecule has 1 aromatic heterocycles. The maximum absolute atomic E-state index is 12.1. The van der Waals surface area contributed by atoms with Crippen LogP contribution in [0.3, 0.4) is 0 Å². The van der Waals surface area contributed by atoms with Crippen molar-refractivity contribution in [2.24, 2.45) is 0 Å². The molecule has 0 saturated heterocycles. The molecular formula is C16H24ClN5O2. The van der Waals surface area contributed by atoms with Gasteiger partial charge in [0, 0.05) is 31.4 Å². The summed E-state index contributed by atoms with van der Waals surface area (Å²) < 4.78 is 0. The fourth-order valence-electron chi connectivity index (χ4n) is 2.19. The van der Waals surface area contributed by atoms with Crippen LogP contribution in [0.2, 0.25) is 0 Å². The highest BCUT2D eigenvalue weighted by Crippen LogP contribution is 2.14. The topological polar surface area (TPSA) is 98.9 Å². The molecular weight excluding hydrogens is 330 g/mol. The summed E-state index contributed by atoms with van der Waals surface area (Å²) >= 11 is 0. The number of para-hydroxylation sites is 1. The number of hydrogen-bond acceptors (Lipinski definition) is 4. The number of rotatable bonds is 9. The minimum Gasteiger partial charge on any atom is -0.355 e. The molecule has 0 bridgehead atoms. The molecule has 0 aliphatic carbocycles. The number of aromatic nitrogens is 2. The zero-order chi connectivity index (χ0) is 16.5. The van der Waals surface area contributed by atoms with Gasteiger partial charge in [0.1, 0.15) is 0 Å². The summed E-state index contributed by atoms with van der Waals surface area (Å²) in [4.78, 5) is 23.7. The number of carbonyl (C=O) groups is 2. The predicted octanol–water partition coefficient (Wildman–Crippen LogP) is 1.22. The van der Waals surface area contributed by atoms with Crippen LogP contribution in [0.1, 0.15) is 30.3 Å². The van der Waals surface area contributed by atoms with Gasteiger partial charge in [-0.2, -0.15) is 5.10 Å². The maximum atomic E-state index is 12.1. The summed E-state index contributed by atoms with van der Waals surface area (Å²) in [6.45, 7) is 4.68. The van der Waals surface area contributed by atoms with E-state index in [4.69, 9.17) is 0 Å². The van der Waals surface area contributed by atoms with E-state index in [0.29, 0.717) is 12.2 Å². The van der Waals surface area contributed by atoms with E-state index in [1.165, 1.54) is 0 Å². The molecule has 0 aliphatic rings. The SMILES string of the molecule is CCCNCCNC(=O)CCNC(=O)c1n[nH]c2ccccc12.Cl. The molecule has 2 aromatic rings. The molecule has 0 unspecified atom stereocenters. The average molecular weight is 354 g/mol. The Morgan fingerprint density at radius 2 is 1.88 bits per heavy atom. The van der Waals surface area contributed by atoms with Crippen LogP contribution in [0.25, 0.3) is 10.9 Å². The third-order valence-electron chi connectivity index (χ3n) is 3.37. The molecule has 132 valence electrons. The molecule has 0 fully saturated rings. The fraction of sp³-hybridized carbons (Fsp3) is 0.438. The molecule has 2 rings (SSSR count). The molecule has 8 heteroatoms. The van der Waals surface area contributed by atoms with E-state index < -0.39 is 0 Å². The van der Waals surface area contributed by atoms with Gasteiger partial charge in [0.15, 0.2) is 5.69 Å². The minimum atomic E-state index is -0.278. The van der Waals surface area contributed by atoms with Crippen molar-refractivity contribution in [1.29, 1.82) is 0 Å². The van der Waals surface area contributed by atoms with Crippen LogP contribution in [-0.4, -0.2) is 48.2 Å². The van der Waals surface area contributed by atoms with Crippen LogP contribution in [0.4, 0.5) is 0 Å². The van der Waals surface area contributed by atoms with Gasteiger partial charge in [0.05, 0.1) is 5.52 Å². The number of benzene rings is 1.